The van der Waals surface area contributed by atoms with Crippen molar-refractivity contribution < 1.29 is 22.0 Å². The number of carbonyl (C=O) groups excluding carboxylic acids is 1. The standard InChI is InChI=1S/C27H32F2N2O3S/c1-35(33,34)31(23-8-9-24(28)25(29)14-23)10-2-3-26(32)30-22-6-4-21(5-7-22)27-15-18-11-19(16-27)13-20(12-18)17-27/h4-9,14,18-20H,2-3,10-13,15-17H2,1H3,(H,30,32). The first-order valence-electron chi connectivity index (χ1n) is 12.4. The number of hydrogen-bond acceptors (Lipinski definition) is 3. The highest BCUT2D eigenvalue weighted by molar-refractivity contribution is 7.92. The highest BCUT2D eigenvalue weighted by atomic mass is 32.2. The topological polar surface area (TPSA) is 66.5 Å². The molecule has 2 aromatic carbocycles. The van der Waals surface area contributed by atoms with E-state index in [9.17, 15) is 22.0 Å². The third kappa shape index (κ3) is 5.08. The Balaban J connectivity index is 1.17. The van der Waals surface area contributed by atoms with Gasteiger partial charge in [-0.3, -0.25) is 9.10 Å². The molecule has 35 heavy (non-hydrogen) atoms. The Kier molecular flexibility index (Phi) is 6.36. The number of rotatable bonds is 8. The molecule has 4 fully saturated rings. The van der Waals surface area contributed by atoms with Gasteiger partial charge >= 0.3 is 0 Å². The van der Waals surface area contributed by atoms with E-state index in [1.165, 1.54) is 50.2 Å². The molecule has 4 aliphatic rings. The van der Waals surface area contributed by atoms with Gasteiger partial charge in [0.15, 0.2) is 11.6 Å². The van der Waals surface area contributed by atoms with E-state index in [0.717, 1.165) is 46.1 Å². The average molecular weight is 503 g/mol. The number of halogens is 2. The fourth-order valence-corrected chi connectivity index (χ4v) is 8.06. The van der Waals surface area contributed by atoms with Crippen LogP contribution in [0.4, 0.5) is 20.2 Å². The first kappa shape index (κ1) is 24.2. The predicted molar refractivity (Wildman–Crippen MR) is 133 cm³/mol. The summed E-state index contributed by atoms with van der Waals surface area (Å²) in [6.45, 7) is -0.0116. The van der Waals surface area contributed by atoms with Crippen molar-refractivity contribution in [1.82, 2.24) is 0 Å². The second-order valence-electron chi connectivity index (χ2n) is 10.9. The van der Waals surface area contributed by atoms with E-state index >= 15 is 0 Å². The summed E-state index contributed by atoms with van der Waals surface area (Å²) in [5.74, 6) is 0.239. The second-order valence-corrected chi connectivity index (χ2v) is 12.8. The lowest BCUT2D eigenvalue weighted by atomic mass is 9.48. The monoisotopic (exact) mass is 502 g/mol. The summed E-state index contributed by atoms with van der Waals surface area (Å²) in [5, 5.41) is 2.90. The molecule has 1 N–H and O–H groups in total. The van der Waals surface area contributed by atoms with Gasteiger partial charge in [-0.2, -0.15) is 0 Å². The molecule has 4 saturated carbocycles. The van der Waals surface area contributed by atoms with Crippen molar-refractivity contribution in [3.05, 3.63) is 59.7 Å². The SMILES string of the molecule is CS(=O)(=O)N(CCCC(=O)Nc1ccc(C23CC4CC(CC(C4)C2)C3)cc1)c1ccc(F)c(F)c1. The molecule has 2 aromatic rings. The highest BCUT2D eigenvalue weighted by Gasteiger charge is 2.51. The molecule has 0 atom stereocenters. The van der Waals surface area contributed by atoms with E-state index in [4.69, 9.17) is 0 Å². The number of anilines is 2. The molecule has 5 nitrogen and oxygen atoms in total. The molecule has 0 spiro atoms. The molecular weight excluding hydrogens is 470 g/mol. The Morgan fingerprint density at radius 3 is 2.11 bits per heavy atom. The maximum Gasteiger partial charge on any atom is 0.232 e. The summed E-state index contributed by atoms with van der Waals surface area (Å²) in [7, 11) is -3.72. The van der Waals surface area contributed by atoms with Gasteiger partial charge in [-0.1, -0.05) is 12.1 Å². The third-order valence-electron chi connectivity index (χ3n) is 8.18. The summed E-state index contributed by atoms with van der Waals surface area (Å²) >= 11 is 0. The number of benzene rings is 2. The van der Waals surface area contributed by atoms with E-state index in [2.05, 4.69) is 17.4 Å². The summed E-state index contributed by atoms with van der Waals surface area (Å²) in [4.78, 5) is 12.5. The maximum absolute atomic E-state index is 13.6. The van der Waals surface area contributed by atoms with Crippen LogP contribution in [-0.2, 0) is 20.2 Å². The zero-order valence-corrected chi connectivity index (χ0v) is 20.8. The number of sulfonamides is 1. The Morgan fingerprint density at radius 1 is 0.971 bits per heavy atom. The van der Waals surface area contributed by atoms with Gasteiger partial charge in [0.1, 0.15) is 0 Å². The highest BCUT2D eigenvalue weighted by Crippen LogP contribution is 2.60. The van der Waals surface area contributed by atoms with E-state index in [1.807, 2.05) is 12.1 Å². The first-order valence-corrected chi connectivity index (χ1v) is 14.3. The number of amides is 1. The summed E-state index contributed by atoms with van der Waals surface area (Å²) < 4.78 is 52.2. The lowest BCUT2D eigenvalue weighted by Gasteiger charge is -2.57. The van der Waals surface area contributed by atoms with Crippen LogP contribution in [0, 0.1) is 29.4 Å². The minimum absolute atomic E-state index is 0.0116. The smallest absolute Gasteiger partial charge is 0.232 e. The molecule has 188 valence electrons. The van der Waals surface area contributed by atoms with Crippen LogP contribution in [0.15, 0.2) is 42.5 Å². The molecule has 6 rings (SSSR count). The minimum Gasteiger partial charge on any atom is -0.326 e. The van der Waals surface area contributed by atoms with Crippen molar-refractivity contribution in [2.45, 2.75) is 56.8 Å². The molecule has 0 aromatic heterocycles. The van der Waals surface area contributed by atoms with E-state index < -0.39 is 21.7 Å². The molecule has 0 heterocycles. The maximum atomic E-state index is 13.6. The average Bonchev–Trinajstić information content (AvgIpc) is 2.77. The van der Waals surface area contributed by atoms with Crippen LogP contribution < -0.4 is 9.62 Å². The summed E-state index contributed by atoms with van der Waals surface area (Å²) in [5.41, 5.74) is 2.47. The molecule has 0 radical (unpaired) electrons. The van der Waals surface area contributed by atoms with E-state index in [-0.39, 0.29) is 31.0 Å². The van der Waals surface area contributed by atoms with E-state index in [1.54, 1.807) is 0 Å². The van der Waals surface area contributed by atoms with Crippen molar-refractivity contribution in [2.75, 3.05) is 22.4 Å². The van der Waals surface area contributed by atoms with Crippen LogP contribution >= 0.6 is 0 Å². The van der Waals surface area contributed by atoms with Crippen molar-refractivity contribution in [1.29, 1.82) is 0 Å². The van der Waals surface area contributed by atoms with Gasteiger partial charge in [0, 0.05) is 24.7 Å². The Hall–Kier alpha value is -2.48. The van der Waals surface area contributed by atoms with Gasteiger partial charge in [-0.15, -0.1) is 0 Å². The molecule has 8 heteroatoms. The number of hydrogen-bond donors (Lipinski definition) is 1. The van der Waals surface area contributed by atoms with Gasteiger partial charge in [-0.25, -0.2) is 17.2 Å². The van der Waals surface area contributed by atoms with Gasteiger partial charge in [0.2, 0.25) is 15.9 Å². The molecule has 0 saturated heterocycles. The number of carbonyl (C=O) groups is 1. The zero-order chi connectivity index (χ0) is 24.8. The van der Waals surface area contributed by atoms with E-state index in [0.29, 0.717) is 5.41 Å². The Bertz CT molecular complexity index is 1180. The molecule has 4 bridgehead atoms. The largest absolute Gasteiger partial charge is 0.326 e. The van der Waals surface area contributed by atoms with Crippen molar-refractivity contribution >= 4 is 27.3 Å². The second kappa shape index (κ2) is 9.19. The molecule has 4 aliphatic carbocycles. The molecular formula is C27H32F2N2O3S. The van der Waals surface area contributed by atoms with Gasteiger partial charge < -0.3 is 5.32 Å². The quantitative estimate of drug-likeness (QED) is 0.510. The van der Waals surface area contributed by atoms with Gasteiger partial charge in [0.25, 0.3) is 0 Å². The van der Waals surface area contributed by atoms with Crippen molar-refractivity contribution in [3.63, 3.8) is 0 Å². The molecule has 1 amide bonds. The fraction of sp³-hybridized carbons (Fsp3) is 0.519. The normalized spacial score (nSPS) is 27.1. The van der Waals surface area contributed by atoms with Crippen molar-refractivity contribution in [3.8, 4) is 0 Å². The molecule has 0 unspecified atom stereocenters. The number of nitrogens with zero attached hydrogens (tertiary/aromatic N) is 1. The minimum atomic E-state index is -3.72. The lowest BCUT2D eigenvalue weighted by molar-refractivity contribution is -0.116. The van der Waals surface area contributed by atoms with Crippen LogP contribution in [-0.4, -0.2) is 27.1 Å². The Labute approximate surface area is 206 Å². The molecule has 0 aliphatic heterocycles. The predicted octanol–water partition coefficient (Wildman–Crippen LogP) is 5.62. The first-order chi connectivity index (χ1) is 16.6. The van der Waals surface area contributed by atoms with Crippen LogP contribution in [0.1, 0.15) is 56.9 Å². The Morgan fingerprint density at radius 2 is 1.57 bits per heavy atom. The lowest BCUT2D eigenvalue weighted by Crippen LogP contribution is -2.48. The summed E-state index contributed by atoms with van der Waals surface area (Å²) in [6, 6.07) is 11.2. The van der Waals surface area contributed by atoms with Crippen LogP contribution in [0.5, 0.6) is 0 Å². The van der Waals surface area contributed by atoms with Crippen LogP contribution in [0.25, 0.3) is 0 Å². The third-order valence-corrected chi connectivity index (χ3v) is 9.37. The van der Waals surface area contributed by atoms with Crippen LogP contribution in [0.2, 0.25) is 0 Å². The van der Waals surface area contributed by atoms with Crippen LogP contribution in [0.3, 0.4) is 0 Å². The van der Waals surface area contributed by atoms with Gasteiger partial charge in [0.05, 0.1) is 11.9 Å². The fourth-order valence-electron chi connectivity index (χ4n) is 7.10. The number of nitrogens with one attached hydrogen (secondary N) is 1. The van der Waals surface area contributed by atoms with Crippen molar-refractivity contribution in [2.24, 2.45) is 17.8 Å². The summed E-state index contributed by atoms with van der Waals surface area (Å²) in [6.07, 6.45) is 9.43. The zero-order valence-electron chi connectivity index (χ0n) is 20.0. The van der Waals surface area contributed by atoms with Gasteiger partial charge in [-0.05, 0) is 97.9 Å².